The van der Waals surface area contributed by atoms with Crippen LogP contribution < -0.4 is 10.6 Å². The van der Waals surface area contributed by atoms with Gasteiger partial charge in [0.1, 0.15) is 11.4 Å². The average Bonchev–Trinajstić information content (AvgIpc) is 3.08. The summed E-state index contributed by atoms with van der Waals surface area (Å²) >= 11 is 7.52. The van der Waals surface area contributed by atoms with Crippen LogP contribution in [0.5, 0.6) is 0 Å². The molecule has 2 N–H and O–H groups in total. The lowest BCUT2D eigenvalue weighted by atomic mass is 9.98. The number of nitrogens with one attached hydrogen (secondary N) is 2. The van der Waals surface area contributed by atoms with Gasteiger partial charge in [-0.05, 0) is 30.0 Å². The molecule has 0 spiro atoms. The minimum Gasteiger partial charge on any atom is -0.454 e. The Kier molecular flexibility index (Phi) is 7.30. The molecule has 2 aromatic carbocycles. The van der Waals surface area contributed by atoms with Gasteiger partial charge in [-0.2, -0.15) is 0 Å². The first kappa shape index (κ1) is 22.8. The number of fused-ring (bicyclic) bond motifs is 1. The van der Waals surface area contributed by atoms with E-state index in [-0.39, 0.29) is 12.5 Å². The lowest BCUT2D eigenvalue weighted by molar-refractivity contribution is -0.146. The molecule has 31 heavy (non-hydrogen) atoms. The van der Waals surface area contributed by atoms with Crippen molar-refractivity contribution in [3.63, 3.8) is 0 Å². The molecule has 3 rings (SSSR count). The standard InChI is InChI=1S/C23H23ClN2O4S/c1-13(2)15-9-6-7-14(3)21(15)26-18(27)12-30-19(28)11-25-23(29)22-20(24)16-8-4-5-10-17(16)31-22/h4-10,13H,11-12H2,1-3H3,(H,25,29)(H,26,27). The van der Waals surface area contributed by atoms with Crippen molar-refractivity contribution in [2.75, 3.05) is 18.5 Å². The van der Waals surface area contributed by atoms with Gasteiger partial charge in [0.15, 0.2) is 6.61 Å². The van der Waals surface area contributed by atoms with E-state index in [4.69, 9.17) is 16.3 Å². The molecule has 0 atom stereocenters. The molecule has 0 saturated heterocycles. The smallest absolute Gasteiger partial charge is 0.325 e. The van der Waals surface area contributed by atoms with Gasteiger partial charge in [0, 0.05) is 15.8 Å². The monoisotopic (exact) mass is 458 g/mol. The van der Waals surface area contributed by atoms with Crippen LogP contribution in [-0.2, 0) is 14.3 Å². The summed E-state index contributed by atoms with van der Waals surface area (Å²) in [4.78, 5) is 37.0. The Balaban J connectivity index is 1.52. The van der Waals surface area contributed by atoms with E-state index in [0.717, 1.165) is 26.9 Å². The predicted molar refractivity (Wildman–Crippen MR) is 124 cm³/mol. The molecule has 2 amide bonds. The summed E-state index contributed by atoms with van der Waals surface area (Å²) in [5.74, 6) is -1.39. The van der Waals surface area contributed by atoms with Crippen LogP contribution in [0.4, 0.5) is 5.69 Å². The van der Waals surface area contributed by atoms with E-state index in [1.54, 1.807) is 0 Å². The number of benzene rings is 2. The highest BCUT2D eigenvalue weighted by Gasteiger charge is 2.18. The molecule has 0 aliphatic heterocycles. The molecule has 0 bridgehead atoms. The lowest BCUT2D eigenvalue weighted by Gasteiger charge is -2.16. The Morgan fingerprint density at radius 3 is 2.55 bits per heavy atom. The fourth-order valence-corrected chi connectivity index (χ4v) is 4.54. The van der Waals surface area contributed by atoms with Gasteiger partial charge < -0.3 is 15.4 Å². The highest BCUT2D eigenvalue weighted by Crippen LogP contribution is 2.35. The molecule has 0 unspecified atom stereocenters. The minimum absolute atomic E-state index is 0.230. The molecule has 162 valence electrons. The normalized spacial score (nSPS) is 10.9. The van der Waals surface area contributed by atoms with Crippen LogP contribution in [0.15, 0.2) is 42.5 Å². The molecule has 3 aromatic rings. The maximum Gasteiger partial charge on any atom is 0.325 e. The minimum atomic E-state index is -0.713. The predicted octanol–water partition coefficient (Wildman–Crippen LogP) is 4.90. The third kappa shape index (κ3) is 5.42. The number of amides is 2. The van der Waals surface area contributed by atoms with Gasteiger partial charge in [0.25, 0.3) is 11.8 Å². The van der Waals surface area contributed by atoms with E-state index in [0.29, 0.717) is 9.90 Å². The molecule has 8 heteroatoms. The van der Waals surface area contributed by atoms with Gasteiger partial charge in [-0.15, -0.1) is 11.3 Å². The topological polar surface area (TPSA) is 84.5 Å². The molecule has 0 radical (unpaired) electrons. The van der Waals surface area contributed by atoms with Gasteiger partial charge in [0.05, 0.1) is 5.02 Å². The van der Waals surface area contributed by atoms with E-state index in [1.165, 1.54) is 11.3 Å². The van der Waals surface area contributed by atoms with Crippen LogP contribution in [0.25, 0.3) is 10.1 Å². The number of halogens is 1. The van der Waals surface area contributed by atoms with Crippen LogP contribution in [-0.4, -0.2) is 30.9 Å². The van der Waals surface area contributed by atoms with E-state index >= 15 is 0 Å². The average molecular weight is 459 g/mol. The van der Waals surface area contributed by atoms with E-state index in [2.05, 4.69) is 10.6 Å². The molecule has 0 aliphatic rings. The Morgan fingerprint density at radius 2 is 1.84 bits per heavy atom. The second kappa shape index (κ2) is 9.94. The van der Waals surface area contributed by atoms with Crippen LogP contribution in [0.3, 0.4) is 0 Å². The van der Waals surface area contributed by atoms with Crippen molar-refractivity contribution in [1.29, 1.82) is 0 Å². The highest BCUT2D eigenvalue weighted by molar-refractivity contribution is 7.21. The summed E-state index contributed by atoms with van der Waals surface area (Å²) in [5.41, 5.74) is 2.66. The van der Waals surface area contributed by atoms with Crippen molar-refractivity contribution in [2.45, 2.75) is 26.7 Å². The SMILES string of the molecule is Cc1cccc(C(C)C)c1NC(=O)COC(=O)CNC(=O)c1sc2ccccc2c1Cl. The summed E-state index contributed by atoms with van der Waals surface area (Å²) in [5, 5.41) is 6.44. The fraction of sp³-hybridized carbons (Fsp3) is 0.261. The zero-order valence-electron chi connectivity index (χ0n) is 17.5. The van der Waals surface area contributed by atoms with Crippen molar-refractivity contribution < 1.29 is 19.1 Å². The number of carbonyl (C=O) groups is 3. The summed E-state index contributed by atoms with van der Waals surface area (Å²) in [7, 11) is 0. The van der Waals surface area contributed by atoms with Gasteiger partial charge in [-0.25, -0.2) is 0 Å². The molecule has 6 nitrogen and oxygen atoms in total. The van der Waals surface area contributed by atoms with Crippen molar-refractivity contribution in [3.8, 4) is 0 Å². The second-order valence-corrected chi connectivity index (χ2v) is 8.76. The molecule has 0 fully saturated rings. The van der Waals surface area contributed by atoms with Gasteiger partial charge in [-0.3, -0.25) is 14.4 Å². The number of hydrogen-bond acceptors (Lipinski definition) is 5. The lowest BCUT2D eigenvalue weighted by Crippen LogP contribution is -2.32. The zero-order chi connectivity index (χ0) is 22.5. The zero-order valence-corrected chi connectivity index (χ0v) is 19.0. The number of carbonyl (C=O) groups excluding carboxylic acids is 3. The Labute approximate surface area is 189 Å². The fourth-order valence-electron chi connectivity index (χ4n) is 3.11. The summed E-state index contributed by atoms with van der Waals surface area (Å²) in [6, 6.07) is 13.2. The number of esters is 1. The van der Waals surface area contributed by atoms with Gasteiger partial charge >= 0.3 is 5.97 Å². The first-order valence-electron chi connectivity index (χ1n) is 9.78. The molecule has 1 aromatic heterocycles. The molecular weight excluding hydrogens is 436 g/mol. The number of aryl methyl sites for hydroxylation is 1. The Morgan fingerprint density at radius 1 is 1.10 bits per heavy atom. The number of thiophene rings is 1. The van der Waals surface area contributed by atoms with E-state index in [9.17, 15) is 14.4 Å². The summed E-state index contributed by atoms with van der Waals surface area (Å²) in [6.07, 6.45) is 0. The first-order valence-corrected chi connectivity index (χ1v) is 11.0. The molecule has 0 saturated carbocycles. The van der Waals surface area contributed by atoms with Crippen molar-refractivity contribution in [3.05, 3.63) is 63.5 Å². The number of anilines is 1. The van der Waals surface area contributed by atoms with Crippen LogP contribution in [0, 0.1) is 6.92 Å². The van der Waals surface area contributed by atoms with Crippen molar-refractivity contribution >= 4 is 56.5 Å². The van der Waals surface area contributed by atoms with E-state index in [1.807, 2.05) is 63.2 Å². The number of ether oxygens (including phenoxy) is 1. The van der Waals surface area contributed by atoms with Gasteiger partial charge in [0.2, 0.25) is 0 Å². The van der Waals surface area contributed by atoms with Crippen molar-refractivity contribution in [1.82, 2.24) is 5.32 Å². The third-order valence-electron chi connectivity index (χ3n) is 4.69. The Bertz CT molecular complexity index is 1140. The molecule has 1 heterocycles. The largest absolute Gasteiger partial charge is 0.454 e. The van der Waals surface area contributed by atoms with Crippen LogP contribution in [0.1, 0.15) is 40.6 Å². The van der Waals surface area contributed by atoms with Crippen molar-refractivity contribution in [2.24, 2.45) is 0 Å². The summed E-state index contributed by atoms with van der Waals surface area (Å²) in [6.45, 7) is 5.18. The van der Waals surface area contributed by atoms with Crippen LogP contribution >= 0.6 is 22.9 Å². The maximum atomic E-state index is 12.4. The Hall–Kier alpha value is -2.90. The second-order valence-electron chi connectivity index (χ2n) is 7.33. The first-order chi connectivity index (χ1) is 14.8. The van der Waals surface area contributed by atoms with E-state index < -0.39 is 24.4 Å². The number of hydrogen-bond donors (Lipinski definition) is 2. The third-order valence-corrected chi connectivity index (χ3v) is 6.36. The van der Waals surface area contributed by atoms with Gasteiger partial charge in [-0.1, -0.05) is 61.8 Å². The summed E-state index contributed by atoms with van der Waals surface area (Å²) < 4.78 is 5.88. The highest BCUT2D eigenvalue weighted by atomic mass is 35.5. The quantitative estimate of drug-likeness (QED) is 0.493. The van der Waals surface area contributed by atoms with Crippen LogP contribution in [0.2, 0.25) is 5.02 Å². The number of rotatable bonds is 7. The molecule has 0 aliphatic carbocycles. The molecular formula is C23H23ClN2O4S. The maximum absolute atomic E-state index is 12.4. The number of para-hydroxylation sites is 1.